The first-order valence-corrected chi connectivity index (χ1v) is 11.4. The lowest BCUT2D eigenvalue weighted by Gasteiger charge is -2.16. The number of carbonyl (C=O) groups is 2. The maximum absolute atomic E-state index is 13.6. The molecule has 0 bridgehead atoms. The molecule has 2 amide bonds. The summed E-state index contributed by atoms with van der Waals surface area (Å²) in [7, 11) is 0. The fourth-order valence-corrected chi connectivity index (χ4v) is 3.69. The summed E-state index contributed by atoms with van der Waals surface area (Å²) in [6.45, 7) is 7.13. The molecule has 0 aliphatic carbocycles. The summed E-state index contributed by atoms with van der Waals surface area (Å²) in [5, 5.41) is 3.19. The van der Waals surface area contributed by atoms with Crippen molar-refractivity contribution in [2.45, 2.75) is 20.8 Å². The van der Waals surface area contributed by atoms with Gasteiger partial charge in [-0.05, 0) is 54.8 Å². The van der Waals surface area contributed by atoms with Gasteiger partial charge in [-0.3, -0.25) is 9.59 Å². The van der Waals surface area contributed by atoms with Gasteiger partial charge in [0.05, 0.1) is 30.2 Å². The number of amides is 2. The molecule has 0 atom stereocenters. The molecule has 34 heavy (non-hydrogen) atoms. The Bertz CT molecular complexity index is 1200. The van der Waals surface area contributed by atoms with Crippen molar-refractivity contribution in [3.05, 3.63) is 90.1 Å². The Balaban J connectivity index is 1.75. The third-order valence-electron chi connectivity index (χ3n) is 5.27. The van der Waals surface area contributed by atoms with E-state index in [9.17, 15) is 9.59 Å². The molecule has 0 radical (unpaired) electrons. The number of rotatable bonds is 9. The number of imide groups is 1. The Hall–Kier alpha value is -4.06. The van der Waals surface area contributed by atoms with E-state index in [4.69, 9.17) is 9.47 Å². The van der Waals surface area contributed by atoms with Gasteiger partial charge in [0.2, 0.25) is 0 Å². The zero-order chi connectivity index (χ0) is 24.1. The largest absolute Gasteiger partial charge is 0.493 e. The molecular formula is C28H28N2O4. The van der Waals surface area contributed by atoms with E-state index in [0.29, 0.717) is 53.1 Å². The summed E-state index contributed by atoms with van der Waals surface area (Å²) >= 11 is 0. The Morgan fingerprint density at radius 1 is 0.824 bits per heavy atom. The van der Waals surface area contributed by atoms with Crippen molar-refractivity contribution in [1.82, 2.24) is 0 Å². The first-order valence-electron chi connectivity index (χ1n) is 11.4. The molecule has 6 heteroatoms. The van der Waals surface area contributed by atoms with Crippen LogP contribution >= 0.6 is 0 Å². The molecule has 1 N–H and O–H groups in total. The third-order valence-corrected chi connectivity index (χ3v) is 5.27. The summed E-state index contributed by atoms with van der Waals surface area (Å²) < 4.78 is 11.5. The molecular weight excluding hydrogens is 428 g/mol. The smallest absolute Gasteiger partial charge is 0.282 e. The predicted molar refractivity (Wildman–Crippen MR) is 134 cm³/mol. The zero-order valence-corrected chi connectivity index (χ0v) is 19.6. The Labute approximate surface area is 199 Å². The summed E-state index contributed by atoms with van der Waals surface area (Å²) in [4.78, 5) is 28.3. The number of para-hydroxylation sites is 3. The summed E-state index contributed by atoms with van der Waals surface area (Å²) in [5.41, 5.74) is 2.27. The van der Waals surface area contributed by atoms with Crippen LogP contribution in [-0.2, 0) is 9.59 Å². The van der Waals surface area contributed by atoms with Crippen molar-refractivity contribution in [1.29, 1.82) is 0 Å². The number of anilines is 2. The minimum absolute atomic E-state index is 0.205. The number of hydrogen-bond donors (Lipinski definition) is 1. The average molecular weight is 457 g/mol. The van der Waals surface area contributed by atoms with Crippen LogP contribution in [0.15, 0.2) is 84.6 Å². The molecule has 0 aromatic heterocycles. The van der Waals surface area contributed by atoms with Crippen molar-refractivity contribution in [2.75, 3.05) is 23.4 Å². The molecule has 4 rings (SSSR count). The minimum atomic E-state index is -0.419. The van der Waals surface area contributed by atoms with Crippen LogP contribution in [0.5, 0.6) is 11.5 Å². The van der Waals surface area contributed by atoms with E-state index in [1.54, 1.807) is 36.4 Å². The number of nitrogens with zero attached hydrogens (tertiary/aromatic N) is 1. The van der Waals surface area contributed by atoms with E-state index in [0.717, 1.165) is 0 Å². The van der Waals surface area contributed by atoms with Crippen LogP contribution in [0.2, 0.25) is 0 Å². The first-order chi connectivity index (χ1) is 16.5. The van der Waals surface area contributed by atoms with Crippen LogP contribution in [-0.4, -0.2) is 25.0 Å². The fourth-order valence-electron chi connectivity index (χ4n) is 3.69. The van der Waals surface area contributed by atoms with Crippen LogP contribution in [0.4, 0.5) is 11.4 Å². The van der Waals surface area contributed by atoms with E-state index in [1.807, 2.05) is 49.4 Å². The maximum atomic E-state index is 13.6. The first kappa shape index (κ1) is 23.1. The van der Waals surface area contributed by atoms with Gasteiger partial charge in [-0.1, -0.05) is 56.3 Å². The summed E-state index contributed by atoms with van der Waals surface area (Å²) in [6.07, 6.45) is 0. The van der Waals surface area contributed by atoms with Gasteiger partial charge in [-0.2, -0.15) is 0 Å². The molecule has 0 spiro atoms. The second-order valence-electron chi connectivity index (χ2n) is 8.31. The fraction of sp³-hybridized carbons (Fsp3) is 0.214. The highest BCUT2D eigenvalue weighted by Crippen LogP contribution is 2.36. The molecule has 0 saturated heterocycles. The lowest BCUT2D eigenvalue weighted by atomic mass is 10.0. The van der Waals surface area contributed by atoms with Gasteiger partial charge in [0.1, 0.15) is 17.2 Å². The third kappa shape index (κ3) is 4.81. The van der Waals surface area contributed by atoms with E-state index < -0.39 is 5.91 Å². The molecule has 6 nitrogen and oxygen atoms in total. The van der Waals surface area contributed by atoms with Crippen molar-refractivity contribution >= 4 is 28.8 Å². The highest BCUT2D eigenvalue weighted by Gasteiger charge is 2.40. The van der Waals surface area contributed by atoms with E-state index >= 15 is 0 Å². The van der Waals surface area contributed by atoms with Gasteiger partial charge in [-0.15, -0.1) is 0 Å². The van der Waals surface area contributed by atoms with Crippen molar-refractivity contribution in [3.63, 3.8) is 0 Å². The molecule has 1 aliphatic heterocycles. The van der Waals surface area contributed by atoms with Gasteiger partial charge in [0, 0.05) is 0 Å². The van der Waals surface area contributed by atoms with Crippen molar-refractivity contribution in [3.8, 4) is 11.5 Å². The molecule has 3 aromatic carbocycles. The number of benzene rings is 3. The molecule has 3 aromatic rings. The number of ether oxygens (including phenoxy) is 2. The zero-order valence-electron chi connectivity index (χ0n) is 19.6. The van der Waals surface area contributed by atoms with Crippen LogP contribution in [0.3, 0.4) is 0 Å². The monoisotopic (exact) mass is 456 g/mol. The highest BCUT2D eigenvalue weighted by atomic mass is 16.5. The minimum Gasteiger partial charge on any atom is -0.493 e. The predicted octanol–water partition coefficient (Wildman–Crippen LogP) is 5.52. The molecule has 174 valence electrons. The van der Waals surface area contributed by atoms with Crippen LogP contribution in [0.1, 0.15) is 26.3 Å². The number of carbonyl (C=O) groups excluding carboxylic acids is 2. The number of hydrogen-bond acceptors (Lipinski definition) is 5. The Morgan fingerprint density at radius 2 is 1.50 bits per heavy atom. The van der Waals surface area contributed by atoms with E-state index in [1.165, 1.54) is 4.90 Å². The summed E-state index contributed by atoms with van der Waals surface area (Å²) in [6, 6.07) is 23.5. The van der Waals surface area contributed by atoms with Gasteiger partial charge in [0.15, 0.2) is 0 Å². The molecule has 0 saturated carbocycles. The Kier molecular flexibility index (Phi) is 6.97. The van der Waals surface area contributed by atoms with Gasteiger partial charge < -0.3 is 14.8 Å². The highest BCUT2D eigenvalue weighted by molar-refractivity contribution is 6.46. The standard InChI is InChI=1S/C28H28N2O4/c1-4-33-24-13-9-8-12-23(24)29-26-25(20-14-16-22(17-15-20)34-18-19(2)3)27(31)30(28(26)32)21-10-6-5-7-11-21/h5-17,19,29H,4,18H2,1-3H3. The average Bonchev–Trinajstić information content (AvgIpc) is 3.09. The second-order valence-corrected chi connectivity index (χ2v) is 8.31. The summed E-state index contributed by atoms with van der Waals surface area (Å²) in [5.74, 6) is 0.914. The van der Waals surface area contributed by atoms with Gasteiger partial charge >= 0.3 is 0 Å². The van der Waals surface area contributed by atoms with Gasteiger partial charge in [0.25, 0.3) is 11.8 Å². The molecule has 0 fully saturated rings. The SMILES string of the molecule is CCOc1ccccc1NC1=C(c2ccc(OCC(C)C)cc2)C(=O)N(c2ccccc2)C1=O. The van der Waals surface area contributed by atoms with Crippen LogP contribution < -0.4 is 19.7 Å². The lowest BCUT2D eigenvalue weighted by molar-refractivity contribution is -0.120. The van der Waals surface area contributed by atoms with Gasteiger partial charge in [-0.25, -0.2) is 4.90 Å². The van der Waals surface area contributed by atoms with Crippen molar-refractivity contribution < 1.29 is 19.1 Å². The van der Waals surface area contributed by atoms with Crippen LogP contribution in [0.25, 0.3) is 5.57 Å². The normalized spacial score (nSPS) is 13.6. The number of nitrogens with one attached hydrogen (secondary N) is 1. The van der Waals surface area contributed by atoms with Crippen LogP contribution in [0, 0.1) is 5.92 Å². The quantitative estimate of drug-likeness (QED) is 0.430. The van der Waals surface area contributed by atoms with E-state index in [-0.39, 0.29) is 11.6 Å². The maximum Gasteiger partial charge on any atom is 0.282 e. The molecule has 1 heterocycles. The lowest BCUT2D eigenvalue weighted by Crippen LogP contribution is -2.32. The van der Waals surface area contributed by atoms with Crippen molar-refractivity contribution in [2.24, 2.45) is 5.92 Å². The second kappa shape index (κ2) is 10.3. The topological polar surface area (TPSA) is 67.9 Å². The molecule has 0 unspecified atom stereocenters. The molecule has 1 aliphatic rings. The Morgan fingerprint density at radius 3 is 2.18 bits per heavy atom. The van der Waals surface area contributed by atoms with E-state index in [2.05, 4.69) is 19.2 Å².